The number of rotatable bonds is 5. The Hall–Kier alpha value is -1.41. The third-order valence-electron chi connectivity index (χ3n) is 5.25. The molecule has 0 radical (unpaired) electrons. The fourth-order valence-electron chi connectivity index (χ4n) is 3.64. The zero-order valence-corrected chi connectivity index (χ0v) is 16.4. The molecule has 2 fully saturated rings. The first-order valence-electron chi connectivity index (χ1n) is 8.66. The quantitative estimate of drug-likeness (QED) is 0.740. The molecule has 6 nitrogen and oxygen atoms in total. The van der Waals surface area contributed by atoms with Crippen LogP contribution >= 0.6 is 12.4 Å². The molecule has 2 aliphatic heterocycles. The summed E-state index contributed by atoms with van der Waals surface area (Å²) in [5.74, 6) is -0.0958. The summed E-state index contributed by atoms with van der Waals surface area (Å²) < 4.78 is 26.9. The van der Waals surface area contributed by atoms with Gasteiger partial charge in [-0.05, 0) is 49.4 Å². The van der Waals surface area contributed by atoms with E-state index in [0.29, 0.717) is 11.0 Å². The third kappa shape index (κ3) is 4.46. The van der Waals surface area contributed by atoms with Gasteiger partial charge in [0.1, 0.15) is 0 Å². The number of amides is 1. The number of sulfonamides is 1. The van der Waals surface area contributed by atoms with Crippen molar-refractivity contribution < 1.29 is 13.2 Å². The third-order valence-corrected chi connectivity index (χ3v) is 6.67. The SMILES string of the molecule is C=CCNS(=O)(=O)c1cccc(C(=O)N2CCC3(CCNC3)CC2)c1.Cl. The Bertz CT molecular complexity index is 751. The van der Waals surface area contributed by atoms with Gasteiger partial charge in [0.15, 0.2) is 0 Å². The van der Waals surface area contributed by atoms with Crippen LogP contribution in [0.3, 0.4) is 0 Å². The summed E-state index contributed by atoms with van der Waals surface area (Å²) in [5.41, 5.74) is 0.762. The molecule has 1 amide bonds. The number of nitrogens with one attached hydrogen (secondary N) is 2. The maximum Gasteiger partial charge on any atom is 0.253 e. The monoisotopic (exact) mass is 399 g/mol. The maximum absolute atomic E-state index is 12.8. The molecule has 2 aliphatic rings. The molecule has 3 rings (SSSR count). The lowest BCUT2D eigenvalue weighted by atomic mass is 9.78. The molecule has 26 heavy (non-hydrogen) atoms. The number of piperidine rings is 1. The zero-order valence-electron chi connectivity index (χ0n) is 14.7. The standard InChI is InChI=1S/C18H25N3O3S.ClH/c1-2-9-20-25(23,24)16-5-3-4-15(13-16)17(22)21-11-7-18(8-12-21)6-10-19-14-18;/h2-5,13,19-20H,1,6-12,14H2;1H. The van der Waals surface area contributed by atoms with E-state index < -0.39 is 10.0 Å². The first kappa shape index (κ1) is 20.9. The van der Waals surface area contributed by atoms with Gasteiger partial charge in [-0.25, -0.2) is 13.1 Å². The summed E-state index contributed by atoms with van der Waals surface area (Å²) >= 11 is 0. The van der Waals surface area contributed by atoms with E-state index in [0.717, 1.165) is 39.0 Å². The van der Waals surface area contributed by atoms with E-state index in [1.807, 2.05) is 4.90 Å². The first-order chi connectivity index (χ1) is 12.0. The number of hydrogen-bond acceptors (Lipinski definition) is 4. The van der Waals surface area contributed by atoms with Gasteiger partial charge in [-0.3, -0.25) is 4.79 Å². The van der Waals surface area contributed by atoms with Crippen molar-refractivity contribution in [2.24, 2.45) is 5.41 Å². The minimum atomic E-state index is -3.63. The van der Waals surface area contributed by atoms with Crippen molar-refractivity contribution in [1.82, 2.24) is 14.9 Å². The molecule has 0 unspecified atom stereocenters. The number of carbonyl (C=O) groups is 1. The summed E-state index contributed by atoms with van der Waals surface area (Å²) in [6, 6.07) is 6.24. The predicted octanol–water partition coefficient (Wildman–Crippen LogP) is 1.79. The van der Waals surface area contributed by atoms with Crippen LogP contribution in [0.1, 0.15) is 29.6 Å². The van der Waals surface area contributed by atoms with Crippen molar-refractivity contribution in [2.75, 3.05) is 32.7 Å². The molecule has 1 aromatic carbocycles. The molecule has 0 atom stereocenters. The van der Waals surface area contributed by atoms with Crippen LogP contribution in [0.15, 0.2) is 41.8 Å². The summed E-state index contributed by atoms with van der Waals surface area (Å²) in [6.07, 6.45) is 4.67. The molecule has 0 aliphatic carbocycles. The summed E-state index contributed by atoms with van der Waals surface area (Å²) in [7, 11) is -3.63. The summed E-state index contributed by atoms with van der Waals surface area (Å²) in [5, 5.41) is 3.42. The number of hydrogen-bond donors (Lipinski definition) is 2. The number of likely N-dealkylation sites (tertiary alicyclic amines) is 1. The number of halogens is 1. The molecular formula is C18H26ClN3O3S. The van der Waals surface area contributed by atoms with Crippen LogP contribution in [0.5, 0.6) is 0 Å². The fourth-order valence-corrected chi connectivity index (χ4v) is 4.68. The average molecular weight is 400 g/mol. The number of nitrogens with zero attached hydrogens (tertiary/aromatic N) is 1. The molecule has 2 saturated heterocycles. The number of carbonyl (C=O) groups excluding carboxylic acids is 1. The van der Waals surface area contributed by atoms with Gasteiger partial charge in [0.05, 0.1) is 4.90 Å². The van der Waals surface area contributed by atoms with Crippen LogP contribution in [0, 0.1) is 5.41 Å². The first-order valence-corrected chi connectivity index (χ1v) is 10.1. The second-order valence-electron chi connectivity index (χ2n) is 6.89. The smallest absolute Gasteiger partial charge is 0.253 e. The molecule has 2 N–H and O–H groups in total. The second-order valence-corrected chi connectivity index (χ2v) is 8.65. The highest BCUT2D eigenvalue weighted by molar-refractivity contribution is 7.89. The number of benzene rings is 1. The van der Waals surface area contributed by atoms with Crippen LogP contribution < -0.4 is 10.0 Å². The van der Waals surface area contributed by atoms with Crippen LogP contribution in [-0.4, -0.2) is 51.9 Å². The normalized spacial score (nSPS) is 19.2. The van der Waals surface area contributed by atoms with Gasteiger partial charge in [0.2, 0.25) is 10.0 Å². The highest BCUT2D eigenvalue weighted by atomic mass is 35.5. The largest absolute Gasteiger partial charge is 0.339 e. The minimum Gasteiger partial charge on any atom is -0.339 e. The molecule has 1 spiro atoms. The van der Waals surface area contributed by atoms with Crippen molar-refractivity contribution >= 4 is 28.3 Å². The van der Waals surface area contributed by atoms with Crippen molar-refractivity contribution in [3.63, 3.8) is 0 Å². The highest BCUT2D eigenvalue weighted by Gasteiger charge is 2.38. The van der Waals surface area contributed by atoms with Crippen molar-refractivity contribution in [3.05, 3.63) is 42.5 Å². The van der Waals surface area contributed by atoms with E-state index in [1.165, 1.54) is 24.6 Å². The fraction of sp³-hybridized carbons (Fsp3) is 0.500. The van der Waals surface area contributed by atoms with E-state index in [1.54, 1.807) is 12.1 Å². The van der Waals surface area contributed by atoms with Gasteiger partial charge in [-0.1, -0.05) is 12.1 Å². The lowest BCUT2D eigenvalue weighted by molar-refractivity contribution is 0.0607. The van der Waals surface area contributed by atoms with E-state index in [9.17, 15) is 13.2 Å². The minimum absolute atomic E-state index is 0. The van der Waals surface area contributed by atoms with Crippen LogP contribution in [0.25, 0.3) is 0 Å². The maximum atomic E-state index is 12.8. The van der Waals surface area contributed by atoms with Gasteiger partial charge < -0.3 is 10.2 Å². The van der Waals surface area contributed by atoms with Crippen LogP contribution in [-0.2, 0) is 10.0 Å². The Balaban J connectivity index is 0.00000243. The van der Waals surface area contributed by atoms with Gasteiger partial charge in [0, 0.05) is 31.7 Å². The van der Waals surface area contributed by atoms with Crippen LogP contribution in [0.2, 0.25) is 0 Å². The molecule has 8 heteroatoms. The Morgan fingerprint density at radius 2 is 2.04 bits per heavy atom. The van der Waals surface area contributed by atoms with Crippen LogP contribution in [0.4, 0.5) is 0 Å². The van der Waals surface area contributed by atoms with E-state index in [-0.39, 0.29) is 29.8 Å². The van der Waals surface area contributed by atoms with Crippen molar-refractivity contribution in [3.8, 4) is 0 Å². The Morgan fingerprint density at radius 1 is 1.31 bits per heavy atom. The summed E-state index contributed by atoms with van der Waals surface area (Å²) in [4.78, 5) is 14.7. The lowest BCUT2D eigenvalue weighted by Crippen LogP contribution is -2.44. The molecule has 2 heterocycles. The average Bonchev–Trinajstić information content (AvgIpc) is 3.08. The Morgan fingerprint density at radius 3 is 2.65 bits per heavy atom. The van der Waals surface area contributed by atoms with E-state index >= 15 is 0 Å². The van der Waals surface area contributed by atoms with Crippen molar-refractivity contribution in [1.29, 1.82) is 0 Å². The van der Waals surface area contributed by atoms with E-state index in [4.69, 9.17) is 0 Å². The second kappa shape index (κ2) is 8.52. The molecule has 0 aromatic heterocycles. The van der Waals surface area contributed by atoms with Gasteiger partial charge in [0.25, 0.3) is 5.91 Å². The van der Waals surface area contributed by atoms with Gasteiger partial charge in [-0.2, -0.15) is 0 Å². The molecule has 0 saturated carbocycles. The van der Waals surface area contributed by atoms with Crippen molar-refractivity contribution in [2.45, 2.75) is 24.2 Å². The molecular weight excluding hydrogens is 374 g/mol. The van der Waals surface area contributed by atoms with E-state index in [2.05, 4.69) is 16.6 Å². The lowest BCUT2D eigenvalue weighted by Gasteiger charge is -2.38. The zero-order chi connectivity index (χ0) is 17.9. The topological polar surface area (TPSA) is 78.5 Å². The molecule has 144 valence electrons. The molecule has 0 bridgehead atoms. The predicted molar refractivity (Wildman–Crippen MR) is 104 cm³/mol. The highest BCUT2D eigenvalue weighted by Crippen LogP contribution is 2.37. The van der Waals surface area contributed by atoms with Gasteiger partial charge in [-0.15, -0.1) is 19.0 Å². The molecule has 1 aromatic rings. The Labute approximate surface area is 161 Å². The Kier molecular flexibility index (Phi) is 6.85. The van der Waals surface area contributed by atoms with Gasteiger partial charge >= 0.3 is 0 Å². The summed E-state index contributed by atoms with van der Waals surface area (Å²) in [6.45, 7) is 7.22.